The monoisotopic (exact) mass is 287 g/mol. The lowest BCUT2D eigenvalue weighted by molar-refractivity contribution is 0.0620. The summed E-state index contributed by atoms with van der Waals surface area (Å²) >= 11 is 0. The number of imide groups is 1. The molecule has 112 valence electrons. The predicted molar refractivity (Wildman–Crippen MR) is 80.3 cm³/mol. The van der Waals surface area contributed by atoms with Crippen molar-refractivity contribution in [2.45, 2.75) is 31.8 Å². The van der Waals surface area contributed by atoms with Gasteiger partial charge in [0, 0.05) is 31.2 Å². The molecule has 2 atom stereocenters. The van der Waals surface area contributed by atoms with Crippen molar-refractivity contribution >= 4 is 11.8 Å². The molecule has 0 bridgehead atoms. The molecule has 5 heteroatoms. The number of rotatable bonds is 3. The van der Waals surface area contributed by atoms with E-state index in [0.717, 1.165) is 19.5 Å². The predicted octanol–water partition coefficient (Wildman–Crippen LogP) is 1.01. The summed E-state index contributed by atoms with van der Waals surface area (Å²) in [6, 6.07) is 7.12. The molecule has 0 aliphatic carbocycles. The van der Waals surface area contributed by atoms with Crippen LogP contribution in [0.1, 0.15) is 41.0 Å². The topological polar surface area (TPSA) is 61.4 Å². The molecule has 2 amide bonds. The third-order valence-electron chi connectivity index (χ3n) is 4.52. The molecule has 3 rings (SSSR count). The lowest BCUT2D eigenvalue weighted by Crippen LogP contribution is -2.64. The van der Waals surface area contributed by atoms with Crippen molar-refractivity contribution in [2.75, 3.05) is 19.6 Å². The molecule has 2 aliphatic rings. The molecule has 2 aliphatic heterocycles. The van der Waals surface area contributed by atoms with Gasteiger partial charge in [0.05, 0.1) is 11.1 Å². The fraction of sp³-hybridized carbons (Fsp3) is 0.500. The quantitative estimate of drug-likeness (QED) is 0.815. The van der Waals surface area contributed by atoms with Crippen LogP contribution in [0.15, 0.2) is 24.3 Å². The second-order valence-electron chi connectivity index (χ2n) is 6.15. The molecule has 1 unspecified atom stereocenters. The van der Waals surface area contributed by atoms with E-state index in [-0.39, 0.29) is 23.4 Å². The maximum absolute atomic E-state index is 12.4. The first-order valence-electron chi connectivity index (χ1n) is 7.48. The van der Waals surface area contributed by atoms with Crippen LogP contribution in [-0.4, -0.2) is 47.9 Å². The fourth-order valence-corrected chi connectivity index (χ4v) is 3.08. The Balaban J connectivity index is 1.75. The second kappa shape index (κ2) is 5.24. The lowest BCUT2D eigenvalue weighted by atomic mass is 9.94. The highest BCUT2D eigenvalue weighted by atomic mass is 16.2. The maximum Gasteiger partial charge on any atom is 0.261 e. The van der Waals surface area contributed by atoms with Crippen LogP contribution >= 0.6 is 0 Å². The Bertz CT molecular complexity index is 552. The van der Waals surface area contributed by atoms with Crippen LogP contribution < -0.4 is 10.6 Å². The van der Waals surface area contributed by atoms with Crippen molar-refractivity contribution < 1.29 is 9.59 Å². The first kappa shape index (κ1) is 14.2. The van der Waals surface area contributed by atoms with Gasteiger partial charge in [0.1, 0.15) is 0 Å². The van der Waals surface area contributed by atoms with Gasteiger partial charge < -0.3 is 10.6 Å². The van der Waals surface area contributed by atoms with E-state index in [0.29, 0.717) is 17.7 Å². The Labute approximate surface area is 124 Å². The molecule has 5 nitrogen and oxygen atoms in total. The first-order chi connectivity index (χ1) is 10.0. The van der Waals surface area contributed by atoms with E-state index in [1.165, 1.54) is 4.90 Å². The van der Waals surface area contributed by atoms with Crippen LogP contribution in [0.3, 0.4) is 0 Å². The lowest BCUT2D eigenvalue weighted by Gasteiger charge is -2.40. The van der Waals surface area contributed by atoms with Gasteiger partial charge in [0.15, 0.2) is 0 Å². The van der Waals surface area contributed by atoms with E-state index in [9.17, 15) is 9.59 Å². The molecular formula is C16H21N3O2. The molecule has 2 heterocycles. The SMILES string of the molecule is CCC1(C)CNC[C@@H](CN2C(=O)c3ccccc3C2=O)N1. The largest absolute Gasteiger partial charge is 0.313 e. The number of hydrogen-bond donors (Lipinski definition) is 2. The summed E-state index contributed by atoms with van der Waals surface area (Å²) in [6.07, 6.45) is 0.999. The third-order valence-corrected chi connectivity index (χ3v) is 4.52. The van der Waals surface area contributed by atoms with Gasteiger partial charge in [-0.25, -0.2) is 0 Å². The summed E-state index contributed by atoms with van der Waals surface area (Å²) in [5.41, 5.74) is 1.05. The number of fused-ring (bicyclic) bond motifs is 1. The Morgan fingerprint density at radius 2 is 1.86 bits per heavy atom. The van der Waals surface area contributed by atoms with Crippen LogP contribution in [0.25, 0.3) is 0 Å². The molecule has 0 saturated carbocycles. The standard InChI is InChI=1S/C16H21N3O2/c1-3-16(2)10-17-8-11(18-16)9-19-14(20)12-6-4-5-7-13(12)15(19)21/h4-7,11,17-18H,3,8-10H2,1-2H3/t11-,16?/m0/s1. The third kappa shape index (κ3) is 2.47. The Morgan fingerprint density at radius 1 is 1.24 bits per heavy atom. The zero-order valence-corrected chi connectivity index (χ0v) is 12.5. The minimum atomic E-state index is -0.179. The number of nitrogens with zero attached hydrogens (tertiary/aromatic N) is 1. The number of nitrogens with one attached hydrogen (secondary N) is 2. The summed E-state index contributed by atoms with van der Waals surface area (Å²) in [6.45, 7) is 6.38. The van der Waals surface area contributed by atoms with Gasteiger partial charge in [-0.05, 0) is 25.5 Å². The van der Waals surface area contributed by atoms with Gasteiger partial charge in [-0.15, -0.1) is 0 Å². The molecule has 1 saturated heterocycles. The highest BCUT2D eigenvalue weighted by Gasteiger charge is 2.38. The number of amides is 2. The van der Waals surface area contributed by atoms with E-state index in [2.05, 4.69) is 24.5 Å². The van der Waals surface area contributed by atoms with Crippen LogP contribution in [0.2, 0.25) is 0 Å². The van der Waals surface area contributed by atoms with Gasteiger partial charge in [0.25, 0.3) is 11.8 Å². The molecule has 2 N–H and O–H groups in total. The average Bonchev–Trinajstić information content (AvgIpc) is 2.73. The van der Waals surface area contributed by atoms with Gasteiger partial charge in [-0.1, -0.05) is 19.1 Å². The van der Waals surface area contributed by atoms with Crippen molar-refractivity contribution in [2.24, 2.45) is 0 Å². The highest BCUT2D eigenvalue weighted by Crippen LogP contribution is 2.23. The number of piperazine rings is 1. The molecule has 0 spiro atoms. The number of hydrogen-bond acceptors (Lipinski definition) is 4. The van der Waals surface area contributed by atoms with E-state index in [1.807, 2.05) is 0 Å². The van der Waals surface area contributed by atoms with E-state index in [4.69, 9.17) is 0 Å². The average molecular weight is 287 g/mol. The normalized spacial score (nSPS) is 28.9. The summed E-state index contributed by atoms with van der Waals surface area (Å²) in [4.78, 5) is 26.1. The van der Waals surface area contributed by atoms with Crippen molar-refractivity contribution in [3.8, 4) is 0 Å². The van der Waals surface area contributed by atoms with E-state index < -0.39 is 0 Å². The van der Waals surface area contributed by atoms with Crippen molar-refractivity contribution in [3.05, 3.63) is 35.4 Å². The van der Waals surface area contributed by atoms with Gasteiger partial charge in [-0.3, -0.25) is 14.5 Å². The molecule has 0 aromatic heterocycles. The van der Waals surface area contributed by atoms with Crippen LogP contribution in [0.4, 0.5) is 0 Å². The van der Waals surface area contributed by atoms with E-state index >= 15 is 0 Å². The van der Waals surface area contributed by atoms with Crippen LogP contribution in [0, 0.1) is 0 Å². The minimum Gasteiger partial charge on any atom is -0.313 e. The molecule has 1 fully saturated rings. The maximum atomic E-state index is 12.4. The van der Waals surface area contributed by atoms with Crippen LogP contribution in [0.5, 0.6) is 0 Å². The molecular weight excluding hydrogens is 266 g/mol. The van der Waals surface area contributed by atoms with Gasteiger partial charge in [0.2, 0.25) is 0 Å². The molecule has 0 radical (unpaired) electrons. The summed E-state index contributed by atoms with van der Waals surface area (Å²) in [5, 5.41) is 6.96. The molecule has 21 heavy (non-hydrogen) atoms. The van der Waals surface area contributed by atoms with Crippen LogP contribution in [-0.2, 0) is 0 Å². The van der Waals surface area contributed by atoms with Gasteiger partial charge >= 0.3 is 0 Å². The molecule has 1 aromatic rings. The fourth-order valence-electron chi connectivity index (χ4n) is 3.08. The molecule has 1 aromatic carbocycles. The summed E-state index contributed by atoms with van der Waals surface area (Å²) in [7, 11) is 0. The zero-order chi connectivity index (χ0) is 15.0. The Morgan fingerprint density at radius 3 is 2.43 bits per heavy atom. The Hall–Kier alpha value is -1.72. The number of carbonyl (C=O) groups excluding carboxylic acids is 2. The van der Waals surface area contributed by atoms with Crippen molar-refractivity contribution in [3.63, 3.8) is 0 Å². The smallest absolute Gasteiger partial charge is 0.261 e. The first-order valence-corrected chi connectivity index (χ1v) is 7.48. The number of carbonyl (C=O) groups is 2. The van der Waals surface area contributed by atoms with Crippen molar-refractivity contribution in [1.29, 1.82) is 0 Å². The Kier molecular flexibility index (Phi) is 3.55. The second-order valence-corrected chi connectivity index (χ2v) is 6.15. The zero-order valence-electron chi connectivity index (χ0n) is 12.5. The summed E-state index contributed by atoms with van der Waals surface area (Å²) in [5.74, 6) is -0.359. The van der Waals surface area contributed by atoms with E-state index in [1.54, 1.807) is 24.3 Å². The number of benzene rings is 1. The van der Waals surface area contributed by atoms with Crippen molar-refractivity contribution in [1.82, 2.24) is 15.5 Å². The minimum absolute atomic E-state index is 0.0155. The highest BCUT2D eigenvalue weighted by molar-refractivity contribution is 6.21. The van der Waals surface area contributed by atoms with Gasteiger partial charge in [-0.2, -0.15) is 0 Å². The summed E-state index contributed by atoms with van der Waals surface area (Å²) < 4.78 is 0.